The molecule has 0 saturated carbocycles. The SMILES string of the molecule is CC(C)NC(=O)CCNCc1nc(-c2ccccc2)cs1. The summed E-state index contributed by atoms with van der Waals surface area (Å²) < 4.78 is 0. The zero-order chi connectivity index (χ0) is 15.1. The fourth-order valence-corrected chi connectivity index (χ4v) is 2.70. The quantitative estimate of drug-likeness (QED) is 0.773. The highest BCUT2D eigenvalue weighted by Crippen LogP contribution is 2.21. The topological polar surface area (TPSA) is 54.0 Å². The second-order valence-corrected chi connectivity index (χ2v) is 6.08. The summed E-state index contributed by atoms with van der Waals surface area (Å²) in [5.74, 6) is 0.0848. The van der Waals surface area contributed by atoms with E-state index in [1.165, 1.54) is 0 Å². The Labute approximate surface area is 129 Å². The van der Waals surface area contributed by atoms with Crippen molar-refractivity contribution in [3.8, 4) is 11.3 Å². The first-order valence-corrected chi connectivity index (χ1v) is 8.03. The van der Waals surface area contributed by atoms with Gasteiger partial charge in [-0.2, -0.15) is 0 Å². The molecule has 0 bridgehead atoms. The largest absolute Gasteiger partial charge is 0.354 e. The molecule has 0 unspecified atom stereocenters. The molecule has 0 aliphatic carbocycles. The highest BCUT2D eigenvalue weighted by Gasteiger charge is 2.05. The number of aromatic nitrogens is 1. The molecule has 1 aromatic heterocycles. The van der Waals surface area contributed by atoms with Gasteiger partial charge >= 0.3 is 0 Å². The summed E-state index contributed by atoms with van der Waals surface area (Å²) in [4.78, 5) is 16.1. The molecule has 0 radical (unpaired) electrons. The van der Waals surface area contributed by atoms with Crippen molar-refractivity contribution < 1.29 is 4.79 Å². The third kappa shape index (κ3) is 5.28. The van der Waals surface area contributed by atoms with Crippen molar-refractivity contribution >= 4 is 17.2 Å². The molecule has 1 heterocycles. The minimum absolute atomic E-state index is 0.0848. The smallest absolute Gasteiger partial charge is 0.221 e. The van der Waals surface area contributed by atoms with Gasteiger partial charge in [-0.15, -0.1) is 11.3 Å². The predicted molar refractivity (Wildman–Crippen MR) is 87.2 cm³/mol. The molecule has 2 aromatic rings. The Morgan fingerprint density at radius 2 is 2.05 bits per heavy atom. The molecular formula is C16H21N3OS. The van der Waals surface area contributed by atoms with Crippen molar-refractivity contribution in [2.45, 2.75) is 32.9 Å². The molecule has 5 heteroatoms. The monoisotopic (exact) mass is 303 g/mol. The van der Waals surface area contributed by atoms with Gasteiger partial charge in [-0.3, -0.25) is 4.79 Å². The first kappa shape index (κ1) is 15.7. The van der Waals surface area contributed by atoms with Crippen LogP contribution in [0.25, 0.3) is 11.3 Å². The van der Waals surface area contributed by atoms with E-state index >= 15 is 0 Å². The van der Waals surface area contributed by atoms with Crippen LogP contribution in [-0.4, -0.2) is 23.5 Å². The normalized spacial score (nSPS) is 10.8. The molecular weight excluding hydrogens is 282 g/mol. The lowest BCUT2D eigenvalue weighted by Crippen LogP contribution is -2.32. The average Bonchev–Trinajstić information content (AvgIpc) is 2.93. The molecule has 0 saturated heterocycles. The Morgan fingerprint density at radius 3 is 2.76 bits per heavy atom. The van der Waals surface area contributed by atoms with Gasteiger partial charge in [0.05, 0.1) is 5.69 Å². The number of rotatable bonds is 7. The Bertz CT molecular complexity index is 566. The van der Waals surface area contributed by atoms with Crippen LogP contribution < -0.4 is 10.6 Å². The fourth-order valence-electron chi connectivity index (χ4n) is 1.92. The van der Waals surface area contributed by atoms with Gasteiger partial charge in [0.15, 0.2) is 0 Å². The number of carbonyl (C=O) groups is 1. The third-order valence-corrected chi connectivity index (χ3v) is 3.72. The lowest BCUT2D eigenvalue weighted by molar-refractivity contribution is -0.121. The van der Waals surface area contributed by atoms with Crippen LogP contribution in [0.15, 0.2) is 35.7 Å². The predicted octanol–water partition coefficient (Wildman–Crippen LogP) is 2.81. The first-order chi connectivity index (χ1) is 10.1. The van der Waals surface area contributed by atoms with E-state index in [-0.39, 0.29) is 11.9 Å². The van der Waals surface area contributed by atoms with Crippen molar-refractivity contribution in [2.75, 3.05) is 6.54 Å². The molecule has 0 atom stereocenters. The molecule has 0 fully saturated rings. The van der Waals surface area contributed by atoms with Crippen molar-refractivity contribution in [1.29, 1.82) is 0 Å². The number of carbonyl (C=O) groups excluding carboxylic acids is 1. The number of nitrogens with zero attached hydrogens (tertiary/aromatic N) is 1. The van der Waals surface area contributed by atoms with Gasteiger partial charge in [-0.25, -0.2) is 4.98 Å². The van der Waals surface area contributed by atoms with E-state index in [2.05, 4.69) is 33.1 Å². The van der Waals surface area contributed by atoms with Crippen LogP contribution in [0.2, 0.25) is 0 Å². The number of hydrogen-bond acceptors (Lipinski definition) is 4. The second kappa shape index (κ2) is 7.90. The molecule has 0 spiro atoms. The molecule has 0 aliphatic rings. The Morgan fingerprint density at radius 1 is 1.29 bits per heavy atom. The van der Waals surface area contributed by atoms with E-state index in [1.807, 2.05) is 32.0 Å². The van der Waals surface area contributed by atoms with Crippen molar-refractivity contribution in [3.63, 3.8) is 0 Å². The maximum absolute atomic E-state index is 11.5. The van der Waals surface area contributed by atoms with E-state index < -0.39 is 0 Å². The van der Waals surface area contributed by atoms with Gasteiger partial charge in [0.2, 0.25) is 5.91 Å². The van der Waals surface area contributed by atoms with E-state index in [0.29, 0.717) is 19.5 Å². The van der Waals surface area contributed by atoms with Crippen LogP contribution in [0.4, 0.5) is 0 Å². The van der Waals surface area contributed by atoms with Crippen LogP contribution in [0.5, 0.6) is 0 Å². The molecule has 1 aromatic carbocycles. The summed E-state index contributed by atoms with van der Waals surface area (Å²) >= 11 is 1.64. The Hall–Kier alpha value is -1.72. The number of thiazole rings is 1. The standard InChI is InChI=1S/C16H21N3OS/c1-12(2)18-15(20)8-9-17-10-16-19-14(11-21-16)13-6-4-3-5-7-13/h3-7,11-12,17H,8-10H2,1-2H3,(H,18,20). The lowest BCUT2D eigenvalue weighted by atomic mass is 10.2. The summed E-state index contributed by atoms with van der Waals surface area (Å²) in [7, 11) is 0. The summed E-state index contributed by atoms with van der Waals surface area (Å²) in [5.41, 5.74) is 2.14. The molecule has 0 aliphatic heterocycles. The average molecular weight is 303 g/mol. The number of amides is 1. The van der Waals surface area contributed by atoms with E-state index in [1.54, 1.807) is 11.3 Å². The van der Waals surface area contributed by atoms with Crippen LogP contribution in [-0.2, 0) is 11.3 Å². The van der Waals surface area contributed by atoms with Crippen LogP contribution in [0.3, 0.4) is 0 Å². The highest BCUT2D eigenvalue weighted by atomic mass is 32.1. The number of nitrogens with one attached hydrogen (secondary N) is 2. The maximum Gasteiger partial charge on any atom is 0.221 e. The molecule has 21 heavy (non-hydrogen) atoms. The second-order valence-electron chi connectivity index (χ2n) is 5.14. The van der Waals surface area contributed by atoms with Crippen molar-refractivity contribution in [1.82, 2.24) is 15.6 Å². The van der Waals surface area contributed by atoms with E-state index in [4.69, 9.17) is 0 Å². The first-order valence-electron chi connectivity index (χ1n) is 7.15. The third-order valence-electron chi connectivity index (χ3n) is 2.88. The van der Waals surface area contributed by atoms with Gasteiger partial charge in [0.25, 0.3) is 0 Å². The molecule has 1 amide bonds. The summed E-state index contributed by atoms with van der Waals surface area (Å²) in [6, 6.07) is 10.3. The Balaban J connectivity index is 1.75. The van der Waals surface area contributed by atoms with Crippen molar-refractivity contribution in [2.24, 2.45) is 0 Å². The van der Waals surface area contributed by atoms with Gasteiger partial charge in [0, 0.05) is 36.5 Å². The number of benzene rings is 1. The molecule has 4 nitrogen and oxygen atoms in total. The maximum atomic E-state index is 11.5. The van der Waals surface area contributed by atoms with E-state index in [0.717, 1.165) is 16.3 Å². The van der Waals surface area contributed by atoms with Gasteiger partial charge < -0.3 is 10.6 Å². The fraction of sp³-hybridized carbons (Fsp3) is 0.375. The van der Waals surface area contributed by atoms with Gasteiger partial charge in [-0.05, 0) is 13.8 Å². The van der Waals surface area contributed by atoms with Gasteiger partial charge in [-0.1, -0.05) is 30.3 Å². The molecule has 112 valence electrons. The molecule has 2 N–H and O–H groups in total. The van der Waals surface area contributed by atoms with E-state index in [9.17, 15) is 4.79 Å². The number of hydrogen-bond donors (Lipinski definition) is 2. The summed E-state index contributed by atoms with van der Waals surface area (Å²) in [6.07, 6.45) is 0.495. The molecule has 2 rings (SSSR count). The van der Waals surface area contributed by atoms with Crippen LogP contribution in [0, 0.1) is 0 Å². The summed E-state index contributed by atoms with van der Waals surface area (Å²) in [5, 5.41) is 9.24. The van der Waals surface area contributed by atoms with Crippen molar-refractivity contribution in [3.05, 3.63) is 40.7 Å². The lowest BCUT2D eigenvalue weighted by Gasteiger charge is -2.08. The minimum atomic E-state index is 0.0848. The highest BCUT2D eigenvalue weighted by molar-refractivity contribution is 7.09. The van der Waals surface area contributed by atoms with Crippen LogP contribution >= 0.6 is 11.3 Å². The zero-order valence-electron chi connectivity index (χ0n) is 12.4. The summed E-state index contributed by atoms with van der Waals surface area (Å²) in [6.45, 7) is 5.29. The van der Waals surface area contributed by atoms with Crippen LogP contribution in [0.1, 0.15) is 25.3 Å². The zero-order valence-corrected chi connectivity index (χ0v) is 13.2. The van der Waals surface area contributed by atoms with Gasteiger partial charge in [0.1, 0.15) is 5.01 Å². The minimum Gasteiger partial charge on any atom is -0.354 e. The Kier molecular flexibility index (Phi) is 5.90.